The van der Waals surface area contributed by atoms with Gasteiger partial charge in [0.05, 0.1) is 6.04 Å². The summed E-state index contributed by atoms with van der Waals surface area (Å²) in [5, 5.41) is 6.82. The van der Waals surface area contributed by atoms with E-state index in [1.54, 1.807) is 5.57 Å². The lowest BCUT2D eigenvalue weighted by Crippen LogP contribution is -2.39. The molecule has 0 spiro atoms. The number of rotatable bonds is 5. The van der Waals surface area contributed by atoms with E-state index in [9.17, 15) is 0 Å². The maximum absolute atomic E-state index is 4.29. The van der Waals surface area contributed by atoms with Gasteiger partial charge in [-0.25, -0.2) is 0 Å². The van der Waals surface area contributed by atoms with Crippen molar-refractivity contribution in [1.29, 1.82) is 0 Å². The highest BCUT2D eigenvalue weighted by atomic mass is 127. The second-order valence-corrected chi connectivity index (χ2v) is 5.28. The van der Waals surface area contributed by atoms with Gasteiger partial charge in [-0.2, -0.15) is 0 Å². The van der Waals surface area contributed by atoms with Gasteiger partial charge in [0.2, 0.25) is 0 Å². The molecule has 0 saturated heterocycles. The van der Waals surface area contributed by atoms with Crippen molar-refractivity contribution in [3.63, 3.8) is 0 Å². The molecule has 0 aromatic heterocycles. The van der Waals surface area contributed by atoms with Crippen molar-refractivity contribution in [3.05, 3.63) is 47.5 Å². The summed E-state index contributed by atoms with van der Waals surface area (Å²) in [7, 11) is 1.82. The normalized spacial score (nSPS) is 15.9. The molecular formula is C17H26IN3. The molecule has 3 nitrogen and oxygen atoms in total. The molecular weight excluding hydrogens is 373 g/mol. The average molecular weight is 399 g/mol. The molecule has 1 aliphatic carbocycles. The third-order valence-electron chi connectivity index (χ3n) is 3.75. The van der Waals surface area contributed by atoms with E-state index >= 15 is 0 Å². The number of hydrogen-bond acceptors (Lipinski definition) is 1. The summed E-state index contributed by atoms with van der Waals surface area (Å²) in [5.74, 6) is 0.875. The Morgan fingerprint density at radius 1 is 1.29 bits per heavy atom. The first-order valence-electron chi connectivity index (χ1n) is 7.49. The van der Waals surface area contributed by atoms with Crippen LogP contribution in [0.1, 0.15) is 44.2 Å². The zero-order valence-electron chi connectivity index (χ0n) is 12.9. The van der Waals surface area contributed by atoms with Gasteiger partial charge in [0.15, 0.2) is 5.96 Å². The third-order valence-corrected chi connectivity index (χ3v) is 3.75. The van der Waals surface area contributed by atoms with Crippen LogP contribution in [0.15, 0.2) is 47.0 Å². The Labute approximate surface area is 145 Å². The minimum absolute atomic E-state index is 0. The molecule has 2 N–H and O–H groups in total. The zero-order valence-corrected chi connectivity index (χ0v) is 15.3. The number of hydrogen-bond donors (Lipinski definition) is 2. The largest absolute Gasteiger partial charge is 0.356 e. The highest BCUT2D eigenvalue weighted by Gasteiger charge is 2.08. The SMILES string of the molecule is CN=C(NCCC1=CCCC1)NC(C)c1ccccc1.I. The van der Waals surface area contributed by atoms with Crippen LogP contribution in [-0.4, -0.2) is 19.6 Å². The van der Waals surface area contributed by atoms with Crippen LogP contribution in [0, 0.1) is 0 Å². The van der Waals surface area contributed by atoms with Gasteiger partial charge in [-0.05, 0) is 38.2 Å². The van der Waals surface area contributed by atoms with Gasteiger partial charge in [0.25, 0.3) is 0 Å². The Kier molecular flexibility index (Phi) is 8.42. The Bertz CT molecular complexity index is 468. The van der Waals surface area contributed by atoms with Crippen molar-refractivity contribution in [2.24, 2.45) is 4.99 Å². The molecule has 4 heteroatoms. The summed E-state index contributed by atoms with van der Waals surface area (Å²) < 4.78 is 0. The van der Waals surface area contributed by atoms with E-state index in [0.29, 0.717) is 0 Å². The van der Waals surface area contributed by atoms with Gasteiger partial charge in [0.1, 0.15) is 0 Å². The summed E-state index contributed by atoms with van der Waals surface area (Å²) in [4.78, 5) is 4.29. The molecule has 0 fully saturated rings. The Morgan fingerprint density at radius 2 is 2.05 bits per heavy atom. The Morgan fingerprint density at radius 3 is 2.67 bits per heavy atom. The minimum Gasteiger partial charge on any atom is -0.356 e. The van der Waals surface area contributed by atoms with Gasteiger partial charge >= 0.3 is 0 Å². The van der Waals surface area contributed by atoms with E-state index in [1.807, 2.05) is 13.1 Å². The molecule has 0 aliphatic heterocycles. The van der Waals surface area contributed by atoms with Crippen molar-refractivity contribution in [2.45, 2.75) is 38.6 Å². The van der Waals surface area contributed by atoms with Crippen LogP contribution in [0.5, 0.6) is 0 Å². The smallest absolute Gasteiger partial charge is 0.191 e. The van der Waals surface area contributed by atoms with Gasteiger partial charge in [0, 0.05) is 13.6 Å². The van der Waals surface area contributed by atoms with Crippen LogP contribution < -0.4 is 10.6 Å². The van der Waals surface area contributed by atoms with Crippen molar-refractivity contribution in [3.8, 4) is 0 Å². The molecule has 1 atom stereocenters. The standard InChI is InChI=1S/C17H25N3.HI/c1-14(16-10-4-3-5-11-16)20-17(18-2)19-13-12-15-8-6-7-9-15;/h3-5,8,10-11,14H,6-7,9,12-13H2,1-2H3,(H2,18,19,20);1H. The van der Waals surface area contributed by atoms with Crippen LogP contribution in [0.2, 0.25) is 0 Å². The number of nitrogens with one attached hydrogen (secondary N) is 2. The molecule has 0 radical (unpaired) electrons. The topological polar surface area (TPSA) is 36.4 Å². The van der Waals surface area contributed by atoms with Crippen molar-refractivity contribution in [2.75, 3.05) is 13.6 Å². The van der Waals surface area contributed by atoms with Crippen LogP contribution in [0.3, 0.4) is 0 Å². The molecule has 116 valence electrons. The quantitative estimate of drug-likeness (QED) is 0.340. The molecule has 1 aromatic carbocycles. The van der Waals surface area contributed by atoms with Gasteiger partial charge in [-0.3, -0.25) is 4.99 Å². The number of halogens is 1. The summed E-state index contributed by atoms with van der Waals surface area (Å²) in [6, 6.07) is 10.7. The van der Waals surface area contributed by atoms with E-state index in [4.69, 9.17) is 0 Å². The summed E-state index contributed by atoms with van der Waals surface area (Å²) in [6.45, 7) is 3.11. The number of allylic oxidation sites excluding steroid dienone is 1. The van der Waals surface area contributed by atoms with Crippen LogP contribution in [-0.2, 0) is 0 Å². The molecule has 1 aliphatic rings. The molecule has 0 bridgehead atoms. The van der Waals surface area contributed by atoms with Crippen molar-refractivity contribution < 1.29 is 0 Å². The highest BCUT2D eigenvalue weighted by molar-refractivity contribution is 14.0. The molecule has 2 rings (SSSR count). The molecule has 0 amide bonds. The second kappa shape index (κ2) is 9.82. The average Bonchev–Trinajstić information content (AvgIpc) is 3.00. The van der Waals surface area contributed by atoms with Gasteiger partial charge in [-0.15, -0.1) is 24.0 Å². The van der Waals surface area contributed by atoms with E-state index < -0.39 is 0 Å². The Balaban J connectivity index is 0.00000220. The zero-order chi connectivity index (χ0) is 14.2. The van der Waals surface area contributed by atoms with Crippen molar-refractivity contribution >= 4 is 29.9 Å². The summed E-state index contributed by atoms with van der Waals surface area (Å²) in [6.07, 6.45) is 7.36. The third kappa shape index (κ3) is 6.08. The molecule has 1 aromatic rings. The first-order chi connectivity index (χ1) is 9.79. The monoisotopic (exact) mass is 399 g/mol. The van der Waals surface area contributed by atoms with Crippen LogP contribution in [0.25, 0.3) is 0 Å². The predicted molar refractivity (Wildman–Crippen MR) is 101 cm³/mol. The number of nitrogens with zero attached hydrogens (tertiary/aromatic N) is 1. The maximum Gasteiger partial charge on any atom is 0.191 e. The fraction of sp³-hybridized carbons (Fsp3) is 0.471. The molecule has 1 unspecified atom stereocenters. The summed E-state index contributed by atoms with van der Waals surface area (Å²) in [5.41, 5.74) is 2.86. The Hall–Kier alpha value is -1.04. The molecule has 0 saturated carbocycles. The second-order valence-electron chi connectivity index (χ2n) is 5.28. The number of guanidine groups is 1. The molecule has 0 heterocycles. The van der Waals surface area contributed by atoms with Crippen LogP contribution in [0.4, 0.5) is 0 Å². The van der Waals surface area contributed by atoms with Gasteiger partial charge in [-0.1, -0.05) is 42.0 Å². The molecule has 21 heavy (non-hydrogen) atoms. The minimum atomic E-state index is 0. The van der Waals surface area contributed by atoms with E-state index in [0.717, 1.165) is 18.9 Å². The van der Waals surface area contributed by atoms with E-state index in [2.05, 4.69) is 52.9 Å². The van der Waals surface area contributed by atoms with Crippen LogP contribution >= 0.6 is 24.0 Å². The van der Waals surface area contributed by atoms with E-state index in [1.165, 1.54) is 24.8 Å². The lowest BCUT2D eigenvalue weighted by Gasteiger charge is -2.18. The first kappa shape index (κ1) is 18.0. The maximum atomic E-state index is 4.29. The first-order valence-corrected chi connectivity index (χ1v) is 7.49. The highest BCUT2D eigenvalue weighted by Crippen LogP contribution is 2.19. The fourth-order valence-corrected chi connectivity index (χ4v) is 2.53. The number of benzene rings is 1. The van der Waals surface area contributed by atoms with E-state index in [-0.39, 0.29) is 30.0 Å². The lowest BCUT2D eigenvalue weighted by molar-refractivity contribution is 0.682. The predicted octanol–water partition coefficient (Wildman–Crippen LogP) is 4.03. The number of aliphatic imine (C=N–C) groups is 1. The van der Waals surface area contributed by atoms with Gasteiger partial charge < -0.3 is 10.6 Å². The summed E-state index contributed by atoms with van der Waals surface area (Å²) >= 11 is 0. The van der Waals surface area contributed by atoms with Crippen molar-refractivity contribution in [1.82, 2.24) is 10.6 Å². The lowest BCUT2D eigenvalue weighted by atomic mass is 10.1. The fourth-order valence-electron chi connectivity index (χ4n) is 2.53.